The van der Waals surface area contributed by atoms with E-state index < -0.39 is 35.0 Å². The molecule has 0 saturated carbocycles. The number of primary amides is 1. The highest BCUT2D eigenvalue weighted by molar-refractivity contribution is 6.65. The summed E-state index contributed by atoms with van der Waals surface area (Å²) in [6.07, 6.45) is 7.22. The van der Waals surface area contributed by atoms with Crippen LogP contribution in [0.3, 0.4) is 0 Å². The number of urea groups is 1. The predicted octanol–water partition coefficient (Wildman–Crippen LogP) is 5.44. The van der Waals surface area contributed by atoms with Crippen LogP contribution in [0.5, 0.6) is 0 Å². The molecule has 0 aromatic carbocycles. The third-order valence-electron chi connectivity index (χ3n) is 5.98. The number of carbonyl (C=O) groups is 1. The second-order valence-corrected chi connectivity index (χ2v) is 14.1. The fourth-order valence-corrected chi connectivity index (χ4v) is 11.3. The Kier molecular flexibility index (Phi) is 20.1. The molecule has 36 heavy (non-hydrogen) atoms. The second-order valence-electron chi connectivity index (χ2n) is 8.57. The first-order chi connectivity index (χ1) is 17.3. The predicted molar refractivity (Wildman–Crippen MR) is 149 cm³/mol. The van der Waals surface area contributed by atoms with E-state index >= 15 is 0 Å². The van der Waals surface area contributed by atoms with E-state index in [-0.39, 0.29) is 0 Å². The maximum Gasteiger partial charge on any atom is 0.524 e. The molecule has 11 heteroatoms. The highest BCUT2D eigenvalue weighted by Crippen LogP contribution is 2.33. The summed E-state index contributed by atoms with van der Waals surface area (Å²) in [5, 5.41) is 0. The quantitative estimate of drug-likeness (QED) is 0.126. The molecule has 2 atom stereocenters. The van der Waals surface area contributed by atoms with Crippen LogP contribution in [0.2, 0.25) is 0 Å². The molecule has 2 N–H and O–H groups in total. The number of rotatable bonds is 24. The fraction of sp³-hybridized carbons (Fsp3) is 0.960. The van der Waals surface area contributed by atoms with Crippen LogP contribution in [0.25, 0.3) is 0 Å². The van der Waals surface area contributed by atoms with E-state index in [0.717, 1.165) is 38.5 Å². The minimum atomic E-state index is -3.38. The van der Waals surface area contributed by atoms with Gasteiger partial charge in [0.2, 0.25) is 0 Å². The molecule has 0 spiro atoms. The Bertz CT molecular complexity index is 486. The molecular weight excluding hydrogens is 496 g/mol. The second kappa shape index (κ2) is 20.4. The molecule has 2 amide bonds. The minimum Gasteiger partial charge on any atom is -0.373 e. The van der Waals surface area contributed by atoms with Crippen molar-refractivity contribution in [2.45, 2.75) is 118 Å². The van der Waals surface area contributed by atoms with Crippen molar-refractivity contribution >= 4 is 23.6 Å². The van der Waals surface area contributed by atoms with Crippen molar-refractivity contribution in [1.82, 2.24) is 4.90 Å². The fourth-order valence-electron chi connectivity index (χ4n) is 4.71. The number of unbranched alkanes of at least 4 members (excludes halogenated alkanes) is 4. The first-order valence-corrected chi connectivity index (χ1v) is 17.8. The van der Waals surface area contributed by atoms with Gasteiger partial charge in [-0.25, -0.2) is 4.79 Å². The van der Waals surface area contributed by atoms with E-state index in [1.165, 1.54) is 0 Å². The smallest absolute Gasteiger partial charge is 0.373 e. The standard InChI is InChI=1S/C25H56N2O7Si2/c1-9-17-19-21-23(35(29-11-3,30-12-4)31-13-5)27(25(26)28)24(22-20-18-10-2)36(32-14-6,33-15-7)34-16-8/h23-24H,9-22H2,1-8H3,(H2,26,28). The van der Waals surface area contributed by atoms with Crippen LogP contribution in [0.4, 0.5) is 4.79 Å². The van der Waals surface area contributed by atoms with Crippen LogP contribution in [0, 0.1) is 0 Å². The van der Waals surface area contributed by atoms with Gasteiger partial charge in [0.15, 0.2) is 0 Å². The average molecular weight is 553 g/mol. The summed E-state index contributed by atoms with van der Waals surface area (Å²) in [4.78, 5) is 15.2. The summed E-state index contributed by atoms with van der Waals surface area (Å²) in [6, 6.07) is -0.551. The van der Waals surface area contributed by atoms with Gasteiger partial charge in [-0.15, -0.1) is 0 Å². The normalized spacial score (nSPS) is 14.1. The lowest BCUT2D eigenvalue weighted by molar-refractivity contribution is 0.0122. The number of hydrogen-bond donors (Lipinski definition) is 1. The van der Waals surface area contributed by atoms with Gasteiger partial charge < -0.3 is 37.2 Å². The Labute approximate surface area is 223 Å². The first kappa shape index (κ1) is 35.5. The summed E-state index contributed by atoms with van der Waals surface area (Å²) in [7, 11) is -6.76. The molecule has 216 valence electrons. The number of carbonyl (C=O) groups excluding carboxylic acids is 1. The van der Waals surface area contributed by atoms with Gasteiger partial charge in [0.1, 0.15) is 11.3 Å². The zero-order valence-electron chi connectivity index (χ0n) is 24.4. The molecule has 0 aliphatic heterocycles. The summed E-state index contributed by atoms with van der Waals surface area (Å²) in [6.45, 7) is 18.3. The van der Waals surface area contributed by atoms with Gasteiger partial charge in [-0.2, -0.15) is 0 Å². The van der Waals surface area contributed by atoms with Crippen molar-refractivity contribution in [2.75, 3.05) is 39.6 Å². The zero-order chi connectivity index (χ0) is 27.5. The van der Waals surface area contributed by atoms with Crippen molar-refractivity contribution in [1.29, 1.82) is 0 Å². The molecule has 0 saturated heterocycles. The molecule has 2 unspecified atom stereocenters. The molecule has 0 fully saturated rings. The third-order valence-corrected chi connectivity index (χ3v) is 12.9. The van der Waals surface area contributed by atoms with Gasteiger partial charge in [0.25, 0.3) is 0 Å². The third kappa shape index (κ3) is 10.7. The van der Waals surface area contributed by atoms with E-state index in [1.54, 1.807) is 4.90 Å². The topological polar surface area (TPSA) is 102 Å². The van der Waals surface area contributed by atoms with Crippen molar-refractivity contribution in [3.8, 4) is 0 Å². The molecule has 0 bridgehead atoms. The van der Waals surface area contributed by atoms with Crippen molar-refractivity contribution in [3.63, 3.8) is 0 Å². The van der Waals surface area contributed by atoms with Crippen LogP contribution < -0.4 is 5.73 Å². The molecule has 0 heterocycles. The van der Waals surface area contributed by atoms with Gasteiger partial charge in [0, 0.05) is 39.6 Å². The molecule has 0 rings (SSSR count). The molecule has 9 nitrogen and oxygen atoms in total. The van der Waals surface area contributed by atoms with Gasteiger partial charge in [-0.05, 0) is 54.4 Å². The monoisotopic (exact) mass is 552 g/mol. The van der Waals surface area contributed by atoms with Gasteiger partial charge in [-0.3, -0.25) is 0 Å². The lowest BCUT2D eigenvalue weighted by atomic mass is 10.1. The Morgan fingerprint density at radius 3 is 1.06 bits per heavy atom. The molecule has 0 radical (unpaired) electrons. The summed E-state index contributed by atoms with van der Waals surface area (Å²) in [5.41, 5.74) is 5.27. The molecule has 0 aliphatic rings. The number of amides is 2. The van der Waals surface area contributed by atoms with Crippen LogP contribution in [0.15, 0.2) is 0 Å². The number of nitrogens with zero attached hydrogens (tertiary/aromatic N) is 1. The van der Waals surface area contributed by atoms with Crippen molar-refractivity contribution in [2.24, 2.45) is 5.73 Å². The molecular formula is C25H56N2O7Si2. The number of nitrogens with two attached hydrogens (primary N) is 1. The van der Waals surface area contributed by atoms with Crippen LogP contribution in [-0.4, -0.2) is 79.5 Å². The molecule has 0 aliphatic carbocycles. The summed E-state index contributed by atoms with van der Waals surface area (Å²) in [5.74, 6) is 0. The molecule has 0 aromatic rings. The first-order valence-electron chi connectivity index (χ1n) is 14.2. The summed E-state index contributed by atoms with van der Waals surface area (Å²) < 4.78 is 38.0. The maximum atomic E-state index is 13.4. The average Bonchev–Trinajstić information content (AvgIpc) is 2.83. The minimum absolute atomic E-state index is 0.411. The van der Waals surface area contributed by atoms with Gasteiger partial charge in [0.05, 0.1) is 0 Å². The van der Waals surface area contributed by atoms with E-state index in [1.807, 2.05) is 41.5 Å². The Morgan fingerprint density at radius 1 is 0.583 bits per heavy atom. The van der Waals surface area contributed by atoms with E-state index in [2.05, 4.69) is 13.8 Å². The largest absolute Gasteiger partial charge is 0.524 e. The SMILES string of the molecule is CCCCCC(N(C(N)=O)C(CCCCC)[Si](OCC)(OCC)OCC)[Si](OCC)(OCC)OCC. The summed E-state index contributed by atoms with van der Waals surface area (Å²) >= 11 is 0. The molecule has 0 aromatic heterocycles. The van der Waals surface area contributed by atoms with Crippen LogP contribution in [-0.2, 0) is 26.6 Å². The maximum absolute atomic E-state index is 13.4. The van der Waals surface area contributed by atoms with Gasteiger partial charge >= 0.3 is 23.6 Å². The highest BCUT2D eigenvalue weighted by atomic mass is 28.4. The zero-order valence-corrected chi connectivity index (χ0v) is 26.4. The highest BCUT2D eigenvalue weighted by Gasteiger charge is 2.60. The van der Waals surface area contributed by atoms with Crippen molar-refractivity contribution in [3.05, 3.63) is 0 Å². The van der Waals surface area contributed by atoms with E-state index in [9.17, 15) is 4.79 Å². The number of hydrogen-bond acceptors (Lipinski definition) is 7. The van der Waals surface area contributed by atoms with Crippen LogP contribution >= 0.6 is 0 Å². The van der Waals surface area contributed by atoms with Crippen LogP contribution in [0.1, 0.15) is 107 Å². The Hall–Kier alpha value is -0.536. The van der Waals surface area contributed by atoms with Gasteiger partial charge in [-0.1, -0.05) is 52.4 Å². The van der Waals surface area contributed by atoms with E-state index in [0.29, 0.717) is 52.5 Å². The van der Waals surface area contributed by atoms with E-state index in [4.69, 9.17) is 32.3 Å². The lowest BCUT2D eigenvalue weighted by Crippen LogP contribution is -2.73. The van der Waals surface area contributed by atoms with Crippen molar-refractivity contribution < 1.29 is 31.4 Å². The Balaban J connectivity index is 7.04. The Morgan fingerprint density at radius 2 is 0.861 bits per heavy atom. The lowest BCUT2D eigenvalue weighted by Gasteiger charge is -2.47.